The molecule has 1 saturated heterocycles. The third kappa shape index (κ3) is 6.46. The van der Waals surface area contributed by atoms with E-state index in [2.05, 4.69) is 16.0 Å². The van der Waals surface area contributed by atoms with E-state index in [0.29, 0.717) is 60.4 Å². The molecule has 0 bridgehead atoms. The van der Waals surface area contributed by atoms with Crippen molar-refractivity contribution in [3.63, 3.8) is 0 Å². The second-order valence-corrected chi connectivity index (χ2v) is 10.3. The molecule has 2 heterocycles. The molecule has 2 atom stereocenters. The van der Waals surface area contributed by atoms with Crippen molar-refractivity contribution in [1.29, 1.82) is 0 Å². The van der Waals surface area contributed by atoms with Gasteiger partial charge < -0.3 is 25.6 Å². The maximum Gasteiger partial charge on any atom is 0.243 e. The Morgan fingerprint density at radius 3 is 2.40 bits per heavy atom. The van der Waals surface area contributed by atoms with E-state index < -0.39 is 41.3 Å². The lowest BCUT2D eigenvalue weighted by Crippen LogP contribution is -2.47. The van der Waals surface area contributed by atoms with E-state index in [0.717, 1.165) is 12.1 Å². The van der Waals surface area contributed by atoms with Crippen LogP contribution < -0.4 is 16.0 Å². The van der Waals surface area contributed by atoms with Crippen LogP contribution in [0.2, 0.25) is 0 Å². The Kier molecular flexibility index (Phi) is 8.58. The highest BCUT2D eigenvalue weighted by Gasteiger charge is 2.34. The number of carbonyl (C=O) groups excluding carboxylic acids is 4. The van der Waals surface area contributed by atoms with Gasteiger partial charge in [-0.25, -0.2) is 8.78 Å². The van der Waals surface area contributed by atoms with Crippen LogP contribution in [0.25, 0.3) is 0 Å². The van der Waals surface area contributed by atoms with Gasteiger partial charge in [-0.05, 0) is 42.3 Å². The summed E-state index contributed by atoms with van der Waals surface area (Å²) in [4.78, 5) is 54.7. The summed E-state index contributed by atoms with van der Waals surface area (Å²) < 4.78 is 32.4. The molecule has 42 heavy (non-hydrogen) atoms. The van der Waals surface area contributed by atoms with Crippen LogP contribution in [0.5, 0.6) is 0 Å². The van der Waals surface area contributed by atoms with E-state index in [-0.39, 0.29) is 24.3 Å². The summed E-state index contributed by atoms with van der Waals surface area (Å²) in [5.74, 6) is -3.41. The number of ketones is 1. The van der Waals surface area contributed by atoms with E-state index in [9.17, 15) is 28.0 Å². The zero-order chi connectivity index (χ0) is 29.8. The molecule has 11 heteroatoms. The highest BCUT2D eigenvalue weighted by Crippen LogP contribution is 2.37. The van der Waals surface area contributed by atoms with Crippen LogP contribution in [-0.4, -0.2) is 60.7 Å². The molecule has 0 aromatic heterocycles. The minimum atomic E-state index is -1.11. The number of halogens is 2. The van der Waals surface area contributed by atoms with Gasteiger partial charge in [-0.1, -0.05) is 30.3 Å². The zero-order valence-electron chi connectivity index (χ0n) is 22.9. The summed E-state index contributed by atoms with van der Waals surface area (Å²) in [5, 5.41) is 8.56. The number of Topliss-reactive ketones (excluding diaryl/α,β-unsaturated/α-hetero) is 1. The number of anilines is 2. The second-order valence-electron chi connectivity index (χ2n) is 10.3. The van der Waals surface area contributed by atoms with Crippen molar-refractivity contribution >= 4 is 34.9 Å². The predicted molar refractivity (Wildman–Crippen MR) is 150 cm³/mol. The number of hydrogen-bond acceptors (Lipinski definition) is 6. The van der Waals surface area contributed by atoms with Crippen LogP contribution in [-0.2, 0) is 32.0 Å². The number of benzene rings is 3. The fraction of sp³-hybridized carbons (Fsp3) is 0.290. The van der Waals surface area contributed by atoms with Crippen molar-refractivity contribution in [2.75, 3.05) is 31.6 Å². The number of rotatable bonds is 7. The van der Waals surface area contributed by atoms with Crippen molar-refractivity contribution in [2.45, 2.75) is 31.8 Å². The molecule has 3 N–H and O–H groups in total. The standard InChI is InChI=1S/C31H30F2N4O5/c1-18(34-26(38)15-19-13-21(32)17-22(33)14-19)31(41)36-29-23-6-2-3-7-24(23)35-25-8-4-5-20(28(25)30(29)40)16-27(39)37-9-11-42-12-10-37/h2-8,13-14,17-18,29,35H,9-12,15-16H2,1H3,(H,34,38)(H,36,41)/t18-,29?/m0/s1. The SMILES string of the molecule is C[C@H](NC(=O)Cc1cc(F)cc(F)c1)C(=O)NC1C(=O)c2c(CC(=O)N3CCOCC3)cccc2Nc2ccccc21. The number of nitrogens with zero attached hydrogens (tertiary/aromatic N) is 1. The predicted octanol–water partition coefficient (Wildman–Crippen LogP) is 3.21. The molecule has 1 fully saturated rings. The maximum atomic E-state index is 14.1. The van der Waals surface area contributed by atoms with Gasteiger partial charge in [0.2, 0.25) is 17.7 Å². The van der Waals surface area contributed by atoms with Gasteiger partial charge in [-0.3, -0.25) is 19.2 Å². The molecule has 2 aliphatic rings. The van der Waals surface area contributed by atoms with Crippen molar-refractivity contribution in [1.82, 2.24) is 15.5 Å². The number of nitrogens with one attached hydrogen (secondary N) is 3. The number of fused-ring (bicyclic) bond motifs is 2. The van der Waals surface area contributed by atoms with E-state index in [1.54, 1.807) is 47.4 Å². The average Bonchev–Trinajstić information content (AvgIpc) is 3.07. The third-order valence-electron chi connectivity index (χ3n) is 7.25. The minimum Gasteiger partial charge on any atom is -0.378 e. The molecule has 218 valence electrons. The molecule has 5 rings (SSSR count). The number of hydrogen-bond donors (Lipinski definition) is 3. The van der Waals surface area contributed by atoms with Crippen molar-refractivity contribution in [3.05, 3.63) is 94.6 Å². The molecule has 0 radical (unpaired) electrons. The van der Waals surface area contributed by atoms with Crippen molar-refractivity contribution in [2.24, 2.45) is 0 Å². The summed E-state index contributed by atoms with van der Waals surface area (Å²) in [6.07, 6.45) is -0.337. The highest BCUT2D eigenvalue weighted by molar-refractivity contribution is 6.11. The van der Waals surface area contributed by atoms with Gasteiger partial charge in [-0.2, -0.15) is 0 Å². The van der Waals surface area contributed by atoms with Crippen molar-refractivity contribution in [3.8, 4) is 0 Å². The molecule has 0 aliphatic carbocycles. The fourth-order valence-corrected chi connectivity index (χ4v) is 5.19. The van der Waals surface area contributed by atoms with Gasteiger partial charge in [-0.15, -0.1) is 0 Å². The summed E-state index contributed by atoms with van der Waals surface area (Å²) >= 11 is 0. The first-order valence-electron chi connectivity index (χ1n) is 13.6. The molecule has 3 aromatic rings. The van der Waals surface area contributed by atoms with Gasteiger partial charge in [0.15, 0.2) is 5.78 Å². The van der Waals surface area contributed by atoms with Gasteiger partial charge in [0.05, 0.1) is 26.1 Å². The molecular formula is C31H30F2N4O5. The van der Waals surface area contributed by atoms with E-state index in [1.165, 1.54) is 6.92 Å². The first kappa shape index (κ1) is 28.9. The normalized spacial score (nSPS) is 16.8. The highest BCUT2D eigenvalue weighted by atomic mass is 19.1. The largest absolute Gasteiger partial charge is 0.378 e. The van der Waals surface area contributed by atoms with Crippen LogP contribution in [0.1, 0.15) is 40.0 Å². The van der Waals surface area contributed by atoms with Crippen LogP contribution in [0.4, 0.5) is 20.2 Å². The van der Waals surface area contributed by atoms with E-state index in [4.69, 9.17) is 4.74 Å². The van der Waals surface area contributed by atoms with Crippen LogP contribution >= 0.6 is 0 Å². The number of ether oxygens (including phenoxy) is 1. The smallest absolute Gasteiger partial charge is 0.243 e. The Morgan fingerprint density at radius 2 is 1.67 bits per heavy atom. The average molecular weight is 577 g/mol. The summed E-state index contributed by atoms with van der Waals surface area (Å²) in [7, 11) is 0. The first-order chi connectivity index (χ1) is 20.2. The number of amides is 3. The van der Waals surface area contributed by atoms with Crippen LogP contribution in [0.15, 0.2) is 60.7 Å². The monoisotopic (exact) mass is 576 g/mol. The maximum absolute atomic E-state index is 14.1. The number of carbonyl (C=O) groups is 4. The third-order valence-corrected chi connectivity index (χ3v) is 7.25. The molecule has 3 amide bonds. The lowest BCUT2D eigenvalue weighted by Gasteiger charge is -2.27. The Balaban J connectivity index is 1.36. The van der Waals surface area contributed by atoms with Gasteiger partial charge in [0.1, 0.15) is 23.7 Å². The fourth-order valence-electron chi connectivity index (χ4n) is 5.19. The minimum absolute atomic E-state index is 0.000734. The molecular weight excluding hydrogens is 546 g/mol. The van der Waals surface area contributed by atoms with Gasteiger partial charge in [0, 0.05) is 41.7 Å². The summed E-state index contributed by atoms with van der Waals surface area (Å²) in [6.45, 7) is 3.31. The summed E-state index contributed by atoms with van der Waals surface area (Å²) in [6, 6.07) is 12.9. The van der Waals surface area contributed by atoms with E-state index in [1.807, 2.05) is 0 Å². The second kappa shape index (κ2) is 12.5. The zero-order valence-corrected chi connectivity index (χ0v) is 22.9. The molecule has 0 spiro atoms. The molecule has 1 unspecified atom stereocenters. The van der Waals surface area contributed by atoms with E-state index >= 15 is 0 Å². The number of para-hydroxylation sites is 1. The topological polar surface area (TPSA) is 117 Å². The Bertz CT molecular complexity index is 1520. The summed E-state index contributed by atoms with van der Waals surface area (Å²) in [5.41, 5.74) is 2.58. The molecule has 9 nitrogen and oxygen atoms in total. The van der Waals surface area contributed by atoms with Crippen LogP contribution in [0, 0.1) is 11.6 Å². The molecule has 2 aliphatic heterocycles. The van der Waals surface area contributed by atoms with Gasteiger partial charge in [0.25, 0.3) is 0 Å². The van der Waals surface area contributed by atoms with Crippen molar-refractivity contribution < 1.29 is 32.7 Å². The Morgan fingerprint density at radius 1 is 0.976 bits per heavy atom. The quantitative estimate of drug-likeness (QED) is 0.398. The first-order valence-corrected chi connectivity index (χ1v) is 13.6. The lowest BCUT2D eigenvalue weighted by molar-refractivity contribution is -0.134. The number of morpholine rings is 1. The Hall–Kier alpha value is -4.64. The molecule has 0 saturated carbocycles. The lowest BCUT2D eigenvalue weighted by atomic mass is 9.92. The van der Waals surface area contributed by atoms with Crippen LogP contribution in [0.3, 0.4) is 0 Å². The van der Waals surface area contributed by atoms with Gasteiger partial charge >= 0.3 is 0 Å². The Labute approximate surface area is 241 Å². The molecule has 3 aromatic carbocycles.